The fourth-order valence-corrected chi connectivity index (χ4v) is 1.59. The van der Waals surface area contributed by atoms with E-state index >= 15 is 0 Å². The number of carbonyl (C=O) groups excluding carboxylic acids is 1. The molecule has 19 heavy (non-hydrogen) atoms. The number of hydrogen-bond donors (Lipinski definition) is 0. The van der Waals surface area contributed by atoms with Crippen molar-refractivity contribution in [2.75, 3.05) is 0 Å². The molecule has 5 nitrogen and oxygen atoms in total. The average Bonchev–Trinajstić information content (AvgIpc) is 2.36. The van der Waals surface area contributed by atoms with E-state index in [1.165, 1.54) is 24.3 Å². The van der Waals surface area contributed by atoms with Crippen molar-refractivity contribution in [1.82, 2.24) is 0 Å². The molecule has 0 unspecified atom stereocenters. The predicted molar refractivity (Wildman–Crippen MR) is 71.5 cm³/mol. The second-order valence-corrected chi connectivity index (χ2v) is 4.59. The number of nitrogens with zero attached hydrogens (tertiary/aromatic N) is 2. The smallest absolute Gasteiger partial charge is 0.278 e. The Morgan fingerprint density at radius 2 is 2.16 bits per heavy atom. The van der Waals surface area contributed by atoms with Crippen LogP contribution < -0.4 is 0 Å². The first-order valence-corrected chi connectivity index (χ1v) is 5.84. The first-order valence-electron chi connectivity index (χ1n) is 5.46. The zero-order valence-corrected chi connectivity index (χ0v) is 11.1. The molecule has 0 aliphatic rings. The minimum absolute atomic E-state index is 0.111. The third-order valence-corrected chi connectivity index (χ3v) is 2.63. The maximum Gasteiger partial charge on any atom is 0.278 e. The lowest BCUT2D eigenvalue weighted by Gasteiger charge is -2.03. The highest BCUT2D eigenvalue weighted by Gasteiger charge is 2.17. The Hall–Kier alpha value is -2.19. The van der Waals surface area contributed by atoms with Crippen LogP contribution in [0.25, 0.3) is 6.08 Å². The summed E-state index contributed by atoms with van der Waals surface area (Å²) < 4.78 is 0. The number of benzene rings is 1. The summed E-state index contributed by atoms with van der Waals surface area (Å²) in [5, 5.41) is 20.1. The molecule has 6 heteroatoms. The van der Waals surface area contributed by atoms with Gasteiger partial charge in [0.25, 0.3) is 5.69 Å². The van der Waals surface area contributed by atoms with Gasteiger partial charge >= 0.3 is 0 Å². The summed E-state index contributed by atoms with van der Waals surface area (Å²) >= 11 is 5.69. The first kappa shape index (κ1) is 14.9. The fraction of sp³-hybridized carbons (Fsp3) is 0.231. The quantitative estimate of drug-likeness (QED) is 0.366. The van der Waals surface area contributed by atoms with Gasteiger partial charge in [0.1, 0.15) is 6.07 Å². The van der Waals surface area contributed by atoms with Gasteiger partial charge in [-0.25, -0.2) is 0 Å². The van der Waals surface area contributed by atoms with Gasteiger partial charge in [0.2, 0.25) is 0 Å². The van der Waals surface area contributed by atoms with Crippen molar-refractivity contribution in [2.24, 2.45) is 5.92 Å². The van der Waals surface area contributed by atoms with E-state index in [1.54, 1.807) is 19.9 Å². The minimum atomic E-state index is -0.605. The summed E-state index contributed by atoms with van der Waals surface area (Å²) in [6.07, 6.45) is 1.22. The maximum absolute atomic E-state index is 11.7. The van der Waals surface area contributed by atoms with Crippen LogP contribution in [0.1, 0.15) is 19.4 Å². The lowest BCUT2D eigenvalue weighted by Crippen LogP contribution is -2.09. The van der Waals surface area contributed by atoms with Crippen LogP contribution in [0.3, 0.4) is 0 Å². The molecule has 0 amide bonds. The molecule has 0 atom stereocenters. The molecule has 1 aromatic rings. The van der Waals surface area contributed by atoms with Gasteiger partial charge in [-0.15, -0.1) is 0 Å². The molecule has 0 N–H and O–H groups in total. The van der Waals surface area contributed by atoms with Crippen LogP contribution in [-0.2, 0) is 4.79 Å². The topological polar surface area (TPSA) is 84.0 Å². The second-order valence-electron chi connectivity index (χ2n) is 4.15. The van der Waals surface area contributed by atoms with E-state index in [0.29, 0.717) is 0 Å². The number of rotatable bonds is 4. The molecule has 98 valence electrons. The fourth-order valence-electron chi connectivity index (χ4n) is 1.42. The van der Waals surface area contributed by atoms with E-state index in [1.807, 2.05) is 0 Å². The summed E-state index contributed by atoms with van der Waals surface area (Å²) in [6.45, 7) is 3.31. The van der Waals surface area contributed by atoms with Gasteiger partial charge in [0.05, 0.1) is 16.1 Å². The Morgan fingerprint density at radius 3 is 2.63 bits per heavy atom. The summed E-state index contributed by atoms with van der Waals surface area (Å²) in [5.74, 6) is -0.705. The molecule has 0 bridgehead atoms. The molecule has 0 fully saturated rings. The summed E-state index contributed by atoms with van der Waals surface area (Å²) in [6, 6.07) is 5.83. The van der Waals surface area contributed by atoms with Crippen molar-refractivity contribution in [3.63, 3.8) is 0 Å². The summed E-state index contributed by atoms with van der Waals surface area (Å²) in [4.78, 5) is 22.0. The van der Waals surface area contributed by atoms with Crippen LogP contribution in [0.2, 0.25) is 5.02 Å². The normalized spacial score (nSPS) is 11.2. The molecule has 1 aromatic carbocycles. The highest BCUT2D eigenvalue weighted by molar-refractivity contribution is 6.30. The summed E-state index contributed by atoms with van der Waals surface area (Å²) in [5.41, 5.74) is -0.169. The lowest BCUT2D eigenvalue weighted by atomic mass is 9.99. The van der Waals surface area contributed by atoms with Gasteiger partial charge in [-0.2, -0.15) is 5.26 Å². The maximum atomic E-state index is 11.7. The molecule has 0 aliphatic carbocycles. The van der Waals surface area contributed by atoms with Crippen LogP contribution >= 0.6 is 11.6 Å². The third kappa shape index (κ3) is 3.63. The van der Waals surface area contributed by atoms with Crippen molar-refractivity contribution in [3.05, 3.63) is 44.5 Å². The predicted octanol–water partition coefficient (Wildman–Crippen LogP) is 3.38. The van der Waals surface area contributed by atoms with Crippen molar-refractivity contribution in [2.45, 2.75) is 13.8 Å². The third-order valence-electron chi connectivity index (χ3n) is 2.40. The molecule has 0 saturated heterocycles. The van der Waals surface area contributed by atoms with Gasteiger partial charge in [0.15, 0.2) is 5.78 Å². The van der Waals surface area contributed by atoms with Gasteiger partial charge in [-0.05, 0) is 18.2 Å². The number of ketones is 1. The highest BCUT2D eigenvalue weighted by Crippen LogP contribution is 2.25. The molecule has 0 radical (unpaired) electrons. The Balaban J connectivity index is 3.35. The number of halogens is 1. The molecule has 1 rings (SSSR count). The number of hydrogen-bond acceptors (Lipinski definition) is 4. The Kier molecular flexibility index (Phi) is 4.79. The van der Waals surface area contributed by atoms with Crippen molar-refractivity contribution in [1.29, 1.82) is 5.26 Å². The van der Waals surface area contributed by atoms with Crippen LogP contribution in [0.15, 0.2) is 23.8 Å². The Bertz CT molecular complexity index is 600. The van der Waals surface area contributed by atoms with E-state index in [9.17, 15) is 14.9 Å². The lowest BCUT2D eigenvalue weighted by molar-refractivity contribution is -0.385. The van der Waals surface area contributed by atoms with Crippen molar-refractivity contribution >= 4 is 29.1 Å². The van der Waals surface area contributed by atoms with Crippen LogP contribution in [0.5, 0.6) is 0 Å². The van der Waals surface area contributed by atoms with E-state index in [-0.39, 0.29) is 33.5 Å². The summed E-state index contributed by atoms with van der Waals surface area (Å²) in [7, 11) is 0. The van der Waals surface area contributed by atoms with Gasteiger partial charge in [0, 0.05) is 17.0 Å². The molecular formula is C13H11ClN2O3. The Morgan fingerprint density at radius 1 is 1.53 bits per heavy atom. The molecular weight excluding hydrogens is 268 g/mol. The molecule has 0 aliphatic heterocycles. The zero-order chi connectivity index (χ0) is 14.6. The van der Waals surface area contributed by atoms with E-state index in [0.717, 1.165) is 0 Å². The second kappa shape index (κ2) is 6.12. The van der Waals surface area contributed by atoms with Crippen LogP contribution in [0, 0.1) is 27.4 Å². The first-order chi connectivity index (χ1) is 8.86. The zero-order valence-electron chi connectivity index (χ0n) is 10.4. The van der Waals surface area contributed by atoms with E-state index < -0.39 is 4.92 Å². The number of allylic oxidation sites excluding steroid dienone is 1. The van der Waals surface area contributed by atoms with E-state index in [2.05, 4.69) is 0 Å². The molecule has 0 saturated carbocycles. The number of carbonyl (C=O) groups is 1. The Labute approximate surface area is 115 Å². The van der Waals surface area contributed by atoms with Crippen molar-refractivity contribution < 1.29 is 9.72 Å². The highest BCUT2D eigenvalue weighted by atomic mass is 35.5. The van der Waals surface area contributed by atoms with Crippen molar-refractivity contribution in [3.8, 4) is 6.07 Å². The van der Waals surface area contributed by atoms with E-state index in [4.69, 9.17) is 16.9 Å². The van der Waals surface area contributed by atoms with Gasteiger partial charge in [-0.3, -0.25) is 14.9 Å². The molecule has 0 aromatic heterocycles. The molecule has 0 spiro atoms. The van der Waals surface area contributed by atoms with Crippen LogP contribution in [-0.4, -0.2) is 10.7 Å². The van der Waals surface area contributed by atoms with Crippen LogP contribution in [0.4, 0.5) is 5.69 Å². The number of nitriles is 1. The average molecular weight is 279 g/mol. The number of nitro benzene ring substituents is 1. The SMILES string of the molecule is CC(C)C(=O)/C(C#N)=C/c1ccc(Cl)cc1[N+](=O)[O-]. The van der Waals surface area contributed by atoms with Gasteiger partial charge in [-0.1, -0.05) is 25.4 Å². The number of nitro groups is 1. The minimum Gasteiger partial charge on any atom is -0.293 e. The molecule has 0 heterocycles. The standard InChI is InChI=1S/C13H11ClN2O3/c1-8(2)13(17)10(7-15)5-9-3-4-11(14)6-12(9)16(18)19/h3-6,8H,1-2H3/b10-5+. The number of Topliss-reactive ketones (excluding diaryl/α,β-unsaturated/α-hetero) is 1. The van der Waals surface area contributed by atoms with Gasteiger partial charge < -0.3 is 0 Å². The monoisotopic (exact) mass is 278 g/mol. The largest absolute Gasteiger partial charge is 0.293 e.